The number of ether oxygens (including phenoxy) is 1. The van der Waals surface area contributed by atoms with E-state index in [1.807, 2.05) is 48.4 Å². The molecule has 4 aromatic rings. The second-order valence-corrected chi connectivity index (χ2v) is 9.93. The molecule has 1 aliphatic heterocycles. The monoisotopic (exact) mass is 482 g/mol. The fourth-order valence-corrected chi connectivity index (χ4v) is 4.95. The molecule has 3 heterocycles. The molecule has 0 saturated carbocycles. The summed E-state index contributed by atoms with van der Waals surface area (Å²) < 4.78 is 9.38. The Bertz CT molecular complexity index is 1520. The lowest BCUT2D eigenvalue weighted by atomic mass is 9.88. The summed E-state index contributed by atoms with van der Waals surface area (Å²) >= 11 is 0. The molecule has 0 fully saturated rings. The first-order valence-electron chi connectivity index (χ1n) is 12.2. The molecule has 8 heteroatoms. The van der Waals surface area contributed by atoms with Crippen LogP contribution in [0, 0.1) is 17.2 Å². The first-order valence-corrected chi connectivity index (χ1v) is 12.2. The number of amides is 1. The Morgan fingerprint density at radius 3 is 2.75 bits per heavy atom. The van der Waals surface area contributed by atoms with Crippen LogP contribution in [0.1, 0.15) is 54.6 Å². The molecule has 36 heavy (non-hydrogen) atoms. The maximum atomic E-state index is 12.6. The van der Waals surface area contributed by atoms with Gasteiger partial charge in [-0.25, -0.2) is 0 Å². The number of methoxy groups -OCH3 is 1. The molecule has 1 atom stereocenters. The summed E-state index contributed by atoms with van der Waals surface area (Å²) in [6.45, 7) is 7.90. The van der Waals surface area contributed by atoms with Crippen LogP contribution in [-0.2, 0) is 13.6 Å². The molecule has 2 aromatic heterocycles. The molecule has 184 valence electrons. The molecule has 1 N–H and O–H groups in total. The number of aryl methyl sites for hydroxylation is 2. The summed E-state index contributed by atoms with van der Waals surface area (Å²) in [7, 11) is 3.45. The third-order valence-corrected chi connectivity index (χ3v) is 6.91. The number of hydrogen-bond acceptors (Lipinski definition) is 5. The van der Waals surface area contributed by atoms with Gasteiger partial charge in [0.25, 0.3) is 5.91 Å². The van der Waals surface area contributed by atoms with E-state index >= 15 is 0 Å². The van der Waals surface area contributed by atoms with Gasteiger partial charge in [0.05, 0.1) is 41.7 Å². The van der Waals surface area contributed by atoms with E-state index in [9.17, 15) is 10.1 Å². The first-order chi connectivity index (χ1) is 17.3. The summed E-state index contributed by atoms with van der Waals surface area (Å²) in [5.74, 6) is 1.13. The van der Waals surface area contributed by atoms with E-state index in [-0.39, 0.29) is 11.8 Å². The summed E-state index contributed by atoms with van der Waals surface area (Å²) in [6, 6.07) is 10.2. The van der Waals surface area contributed by atoms with Crippen LogP contribution in [0.15, 0.2) is 36.7 Å². The highest BCUT2D eigenvalue weighted by atomic mass is 16.5. The van der Waals surface area contributed by atoms with Gasteiger partial charge in [-0.05, 0) is 53.6 Å². The highest BCUT2D eigenvalue weighted by Crippen LogP contribution is 2.40. The van der Waals surface area contributed by atoms with Gasteiger partial charge in [0, 0.05) is 42.8 Å². The lowest BCUT2D eigenvalue weighted by Crippen LogP contribution is -2.34. The van der Waals surface area contributed by atoms with Gasteiger partial charge in [-0.1, -0.05) is 20.8 Å². The standard InChI is InChI=1S/C28H30N6O2/c1-16(2)6-7-34-15-21(14-31-34)18-8-20(12-29)25-23(10-18)32-33(4)27(25)19-9-22-17(3)13-30-28(35)26(22)24(11-19)36-5/h8-11,14-17H,6-7,13H2,1-5H3,(H,30,35)/t17-/m0/s1. The first kappa shape index (κ1) is 23.6. The van der Waals surface area contributed by atoms with Crippen LogP contribution in [0.25, 0.3) is 33.3 Å². The molecule has 8 nitrogen and oxygen atoms in total. The molecular weight excluding hydrogens is 452 g/mol. The van der Waals surface area contributed by atoms with Crippen molar-refractivity contribution in [3.05, 3.63) is 53.3 Å². The van der Waals surface area contributed by atoms with E-state index < -0.39 is 0 Å². The maximum absolute atomic E-state index is 12.6. The molecule has 0 spiro atoms. The number of hydrogen-bond donors (Lipinski definition) is 1. The van der Waals surface area contributed by atoms with Gasteiger partial charge >= 0.3 is 0 Å². The molecule has 2 aromatic carbocycles. The highest BCUT2D eigenvalue weighted by Gasteiger charge is 2.28. The molecule has 0 unspecified atom stereocenters. The van der Waals surface area contributed by atoms with E-state index in [1.165, 1.54) is 0 Å². The van der Waals surface area contributed by atoms with Crippen LogP contribution in [-0.4, -0.2) is 39.1 Å². The number of nitrogens with zero attached hydrogens (tertiary/aromatic N) is 5. The third kappa shape index (κ3) is 4.01. The Morgan fingerprint density at radius 2 is 2.03 bits per heavy atom. The predicted octanol–water partition coefficient (Wildman–Crippen LogP) is 4.88. The maximum Gasteiger partial charge on any atom is 0.255 e. The smallest absolute Gasteiger partial charge is 0.255 e. The molecule has 0 saturated heterocycles. The Morgan fingerprint density at radius 1 is 1.22 bits per heavy atom. The van der Waals surface area contributed by atoms with Crippen molar-refractivity contribution in [1.29, 1.82) is 5.26 Å². The zero-order chi connectivity index (χ0) is 25.6. The van der Waals surface area contributed by atoms with Crippen molar-refractivity contribution in [2.75, 3.05) is 13.7 Å². The van der Waals surface area contributed by atoms with E-state index in [1.54, 1.807) is 11.8 Å². The number of nitrogens with one attached hydrogen (secondary N) is 1. The number of benzene rings is 2. The van der Waals surface area contributed by atoms with Crippen molar-refractivity contribution in [2.45, 2.75) is 39.7 Å². The topological polar surface area (TPSA) is 97.8 Å². The summed E-state index contributed by atoms with van der Waals surface area (Å²) in [5.41, 5.74) is 6.34. The Labute approximate surface area is 210 Å². The van der Waals surface area contributed by atoms with Gasteiger partial charge in [-0.3, -0.25) is 14.2 Å². The van der Waals surface area contributed by atoms with Crippen molar-refractivity contribution in [3.8, 4) is 34.2 Å². The fourth-order valence-electron chi connectivity index (χ4n) is 4.95. The molecule has 0 radical (unpaired) electrons. The normalized spacial score (nSPS) is 15.1. The van der Waals surface area contributed by atoms with Gasteiger partial charge in [-0.2, -0.15) is 15.5 Å². The van der Waals surface area contributed by atoms with Crippen molar-refractivity contribution in [1.82, 2.24) is 24.9 Å². The third-order valence-electron chi connectivity index (χ3n) is 6.91. The van der Waals surface area contributed by atoms with Crippen molar-refractivity contribution >= 4 is 16.8 Å². The average Bonchev–Trinajstić information content (AvgIpc) is 3.47. The second-order valence-electron chi connectivity index (χ2n) is 9.93. The van der Waals surface area contributed by atoms with E-state index in [4.69, 9.17) is 9.84 Å². The van der Waals surface area contributed by atoms with Crippen LogP contribution in [0.2, 0.25) is 0 Å². The molecule has 0 bridgehead atoms. The Kier molecular flexibility index (Phi) is 6.00. The molecule has 5 rings (SSSR count). The molecule has 1 aliphatic rings. The van der Waals surface area contributed by atoms with E-state index in [0.717, 1.165) is 51.8 Å². The quantitative estimate of drug-likeness (QED) is 0.423. The van der Waals surface area contributed by atoms with Crippen LogP contribution in [0.4, 0.5) is 0 Å². The predicted molar refractivity (Wildman–Crippen MR) is 139 cm³/mol. The van der Waals surface area contributed by atoms with Crippen molar-refractivity contribution < 1.29 is 9.53 Å². The number of fused-ring (bicyclic) bond motifs is 2. The van der Waals surface area contributed by atoms with E-state index in [0.29, 0.717) is 29.3 Å². The van der Waals surface area contributed by atoms with Crippen molar-refractivity contribution in [2.24, 2.45) is 13.0 Å². The Hall–Kier alpha value is -4.12. The summed E-state index contributed by atoms with van der Waals surface area (Å²) in [4.78, 5) is 12.6. The lowest BCUT2D eigenvalue weighted by Gasteiger charge is -2.25. The van der Waals surface area contributed by atoms with Crippen LogP contribution < -0.4 is 10.1 Å². The van der Waals surface area contributed by atoms with E-state index in [2.05, 4.69) is 37.3 Å². The second kappa shape index (κ2) is 9.15. The fraction of sp³-hybridized carbons (Fsp3) is 0.357. The number of rotatable bonds is 6. The lowest BCUT2D eigenvalue weighted by molar-refractivity contribution is 0.0938. The van der Waals surface area contributed by atoms with Gasteiger partial charge in [0.2, 0.25) is 0 Å². The van der Waals surface area contributed by atoms with Gasteiger partial charge in [0.1, 0.15) is 5.75 Å². The summed E-state index contributed by atoms with van der Waals surface area (Å²) in [5, 5.41) is 23.1. The van der Waals surface area contributed by atoms with Crippen LogP contribution in [0.5, 0.6) is 5.75 Å². The Balaban J connectivity index is 1.64. The number of nitriles is 1. The molecular formula is C28H30N6O2. The van der Waals surface area contributed by atoms with Gasteiger partial charge in [0.15, 0.2) is 0 Å². The SMILES string of the molecule is COc1cc(-c2c3c(C#N)cc(-c4cnn(CCC(C)C)c4)cc3nn2C)cc2c1C(=O)NC[C@@H]2C. The largest absolute Gasteiger partial charge is 0.496 e. The van der Waals surface area contributed by atoms with Gasteiger partial charge < -0.3 is 10.1 Å². The minimum Gasteiger partial charge on any atom is -0.496 e. The van der Waals surface area contributed by atoms with Crippen molar-refractivity contribution in [3.63, 3.8) is 0 Å². The summed E-state index contributed by atoms with van der Waals surface area (Å²) in [6.07, 6.45) is 4.92. The average molecular weight is 483 g/mol. The zero-order valence-corrected chi connectivity index (χ0v) is 21.3. The number of carbonyl (C=O) groups excluding carboxylic acids is 1. The van der Waals surface area contributed by atoms with Gasteiger partial charge in [-0.15, -0.1) is 0 Å². The van der Waals surface area contributed by atoms with Crippen LogP contribution in [0.3, 0.4) is 0 Å². The number of carbonyl (C=O) groups is 1. The number of aromatic nitrogens is 4. The molecule has 1 amide bonds. The molecule has 0 aliphatic carbocycles. The van der Waals surface area contributed by atoms with Crippen LogP contribution >= 0.6 is 0 Å². The zero-order valence-electron chi connectivity index (χ0n) is 21.3. The highest BCUT2D eigenvalue weighted by molar-refractivity contribution is 6.03. The minimum absolute atomic E-state index is 0.127. The minimum atomic E-state index is -0.127.